The van der Waals surface area contributed by atoms with Gasteiger partial charge in [0.25, 0.3) is 0 Å². The lowest BCUT2D eigenvalue weighted by molar-refractivity contribution is -0.128. The second-order valence-corrected chi connectivity index (χ2v) is 9.53. The van der Waals surface area contributed by atoms with Crippen molar-refractivity contribution >= 4 is 29.9 Å². The number of methoxy groups -OCH3 is 1. The molecule has 2 heterocycles. The number of fused-ring (bicyclic) bond motifs is 1. The second kappa shape index (κ2) is 10.5. The van der Waals surface area contributed by atoms with E-state index < -0.39 is 5.41 Å². The van der Waals surface area contributed by atoms with Gasteiger partial charge >= 0.3 is 0 Å². The smallest absolute Gasteiger partial charge is 0.219 e. The topological polar surface area (TPSA) is 107 Å². The first-order chi connectivity index (χ1) is 15.4. The van der Waals surface area contributed by atoms with Crippen LogP contribution in [0.4, 0.5) is 0 Å². The van der Waals surface area contributed by atoms with Gasteiger partial charge in [-0.3, -0.25) is 15.0 Å². The van der Waals surface area contributed by atoms with E-state index in [0.717, 1.165) is 11.3 Å². The normalized spacial score (nSPS) is 12.9. The molecular weight excluding hydrogens is 456 g/mol. The van der Waals surface area contributed by atoms with Crippen LogP contribution in [0.15, 0.2) is 24.3 Å². The van der Waals surface area contributed by atoms with Crippen LogP contribution in [-0.4, -0.2) is 58.1 Å². The quantitative estimate of drug-likeness (QED) is 0.576. The molecule has 0 aliphatic carbocycles. The van der Waals surface area contributed by atoms with E-state index in [1.807, 2.05) is 32.9 Å². The van der Waals surface area contributed by atoms with Crippen molar-refractivity contribution in [2.24, 2.45) is 0 Å². The van der Waals surface area contributed by atoms with Crippen LogP contribution in [0.2, 0.25) is 0 Å². The predicted octanol–water partition coefficient (Wildman–Crippen LogP) is 3.66. The molecule has 8 nitrogen and oxygen atoms in total. The highest BCUT2D eigenvalue weighted by Gasteiger charge is 2.29. The summed E-state index contributed by atoms with van der Waals surface area (Å²) in [6.45, 7) is 8.36. The Labute approximate surface area is 206 Å². The number of hydrogen-bond acceptors (Lipinski definition) is 6. The lowest BCUT2D eigenvalue weighted by Gasteiger charge is -2.25. The van der Waals surface area contributed by atoms with Crippen molar-refractivity contribution < 1.29 is 19.4 Å². The van der Waals surface area contributed by atoms with Crippen LogP contribution < -0.4 is 0 Å². The molecule has 2 aromatic rings. The van der Waals surface area contributed by atoms with Crippen LogP contribution in [0.25, 0.3) is 0 Å². The number of ketones is 1. The van der Waals surface area contributed by atoms with Crippen molar-refractivity contribution in [2.75, 3.05) is 20.7 Å². The highest BCUT2D eigenvalue weighted by Crippen LogP contribution is 2.35. The maximum atomic E-state index is 13.3. The van der Waals surface area contributed by atoms with Crippen LogP contribution in [-0.2, 0) is 34.6 Å². The van der Waals surface area contributed by atoms with E-state index in [1.54, 1.807) is 31.2 Å². The third-order valence-corrected chi connectivity index (χ3v) is 5.83. The van der Waals surface area contributed by atoms with E-state index in [2.05, 4.69) is 4.98 Å². The molecule has 1 aliphatic rings. The molecule has 1 aliphatic heterocycles. The molecule has 3 rings (SSSR count). The number of phenols is 1. The minimum Gasteiger partial charge on any atom is -0.507 e. The molecular formula is C25H33ClN4O4. The van der Waals surface area contributed by atoms with Crippen LogP contribution in [0.5, 0.6) is 5.75 Å². The van der Waals surface area contributed by atoms with Gasteiger partial charge in [0.05, 0.1) is 18.8 Å². The fourth-order valence-electron chi connectivity index (χ4n) is 3.84. The van der Waals surface area contributed by atoms with E-state index in [9.17, 15) is 14.7 Å². The number of amidine groups is 1. The summed E-state index contributed by atoms with van der Waals surface area (Å²) in [5.41, 5.74) is 3.42. The van der Waals surface area contributed by atoms with Gasteiger partial charge in [0.15, 0.2) is 5.78 Å². The average Bonchev–Trinajstić information content (AvgIpc) is 3.03. The highest BCUT2D eigenvalue weighted by atomic mass is 35.5. The van der Waals surface area contributed by atoms with Gasteiger partial charge in [-0.25, -0.2) is 4.98 Å². The molecule has 0 fully saturated rings. The predicted molar refractivity (Wildman–Crippen MR) is 133 cm³/mol. The highest BCUT2D eigenvalue weighted by molar-refractivity contribution is 6.04. The van der Waals surface area contributed by atoms with E-state index in [0.29, 0.717) is 35.5 Å². The summed E-state index contributed by atoms with van der Waals surface area (Å²) in [7, 11) is 3.25. The van der Waals surface area contributed by atoms with E-state index in [-0.39, 0.29) is 48.8 Å². The van der Waals surface area contributed by atoms with Crippen molar-refractivity contribution in [3.8, 4) is 5.75 Å². The molecule has 9 heteroatoms. The minimum atomic E-state index is -0.401. The molecule has 0 atom stereocenters. The number of aromatic nitrogens is 1. The van der Waals surface area contributed by atoms with Crippen LogP contribution in [0, 0.1) is 5.41 Å². The first-order valence-electron chi connectivity index (χ1n) is 10.8. The zero-order chi connectivity index (χ0) is 24.5. The molecule has 0 bridgehead atoms. The molecule has 0 saturated carbocycles. The summed E-state index contributed by atoms with van der Waals surface area (Å²) in [5, 5.41) is 19.4. The van der Waals surface area contributed by atoms with Gasteiger partial charge in [0, 0.05) is 56.4 Å². The molecule has 0 spiro atoms. The van der Waals surface area contributed by atoms with Gasteiger partial charge in [0.1, 0.15) is 17.3 Å². The summed E-state index contributed by atoms with van der Waals surface area (Å²) >= 11 is 0. The Bertz CT molecular complexity index is 1110. The van der Waals surface area contributed by atoms with Crippen molar-refractivity contribution in [2.45, 2.75) is 52.8 Å². The lowest BCUT2D eigenvalue weighted by atomic mass is 9.83. The Morgan fingerprint density at radius 1 is 1.26 bits per heavy atom. The Hall–Kier alpha value is -2.97. The van der Waals surface area contributed by atoms with Gasteiger partial charge in [0.2, 0.25) is 5.91 Å². The third kappa shape index (κ3) is 5.74. The maximum absolute atomic E-state index is 13.3. The fraction of sp³-hybridized carbons (Fsp3) is 0.440. The first kappa shape index (κ1) is 27.3. The average molecular weight is 489 g/mol. The SMILES string of the molecule is COCc1ccc2c(n1)C(=N)N(CC(=O)c1cc(CN(C)C(C)=O)c(O)c(C(C)(C)C)c1)C2.Cl. The van der Waals surface area contributed by atoms with Gasteiger partial charge in [-0.05, 0) is 23.6 Å². The second-order valence-electron chi connectivity index (χ2n) is 9.53. The van der Waals surface area contributed by atoms with Gasteiger partial charge in [-0.15, -0.1) is 12.4 Å². The number of phenolic OH excluding ortho intramolecular Hbond substituents is 1. The zero-order valence-electron chi connectivity index (χ0n) is 20.6. The van der Waals surface area contributed by atoms with Crippen LogP contribution in [0.1, 0.15) is 66.1 Å². The fourth-order valence-corrected chi connectivity index (χ4v) is 3.84. The van der Waals surface area contributed by atoms with Crippen LogP contribution in [0.3, 0.4) is 0 Å². The van der Waals surface area contributed by atoms with E-state index in [1.165, 1.54) is 11.8 Å². The standard InChI is InChI=1S/C25H32N4O4.ClH/c1-15(30)28(5)11-18-9-17(10-20(23(18)32)25(2,3)4)21(31)13-29-12-16-7-8-19(14-33-6)27-22(16)24(29)26;/h7-10,26,32H,11-14H2,1-6H3;1H. The molecule has 0 saturated heterocycles. The number of hydrogen-bond donors (Lipinski definition) is 2. The monoisotopic (exact) mass is 488 g/mol. The third-order valence-electron chi connectivity index (χ3n) is 5.83. The summed E-state index contributed by atoms with van der Waals surface area (Å²) in [4.78, 5) is 32.7. The first-order valence-corrected chi connectivity index (χ1v) is 10.8. The number of Topliss-reactive ketones (excluding diaryl/α,β-unsaturated/α-hetero) is 1. The van der Waals surface area contributed by atoms with Gasteiger partial charge < -0.3 is 19.6 Å². The Kier molecular flexibility index (Phi) is 8.45. The largest absolute Gasteiger partial charge is 0.507 e. The summed E-state index contributed by atoms with van der Waals surface area (Å²) in [6.07, 6.45) is 0. The Balaban J connectivity index is 0.00000408. The van der Waals surface area contributed by atoms with Crippen LogP contribution >= 0.6 is 12.4 Å². The van der Waals surface area contributed by atoms with Gasteiger partial charge in [-0.1, -0.05) is 26.8 Å². The summed E-state index contributed by atoms with van der Waals surface area (Å²) < 4.78 is 5.13. The number of aromatic hydroxyl groups is 1. The Morgan fingerprint density at radius 2 is 1.94 bits per heavy atom. The molecule has 2 N–H and O–H groups in total. The number of nitrogens with zero attached hydrogens (tertiary/aromatic N) is 3. The molecule has 184 valence electrons. The lowest BCUT2D eigenvalue weighted by Crippen LogP contribution is -2.31. The number of carbonyl (C=O) groups is 2. The number of pyridine rings is 1. The number of amides is 1. The zero-order valence-corrected chi connectivity index (χ0v) is 21.4. The summed E-state index contributed by atoms with van der Waals surface area (Å²) in [5.74, 6) is 0.0139. The van der Waals surface area contributed by atoms with Gasteiger partial charge in [-0.2, -0.15) is 0 Å². The number of rotatable bonds is 7. The van der Waals surface area contributed by atoms with E-state index >= 15 is 0 Å². The molecule has 0 unspecified atom stereocenters. The molecule has 34 heavy (non-hydrogen) atoms. The number of benzene rings is 1. The van der Waals surface area contributed by atoms with E-state index in [4.69, 9.17) is 10.1 Å². The Morgan fingerprint density at radius 3 is 2.53 bits per heavy atom. The summed E-state index contributed by atoms with van der Waals surface area (Å²) in [6, 6.07) is 7.16. The van der Waals surface area contributed by atoms with Crippen molar-refractivity contribution in [3.05, 3.63) is 57.9 Å². The molecule has 1 aromatic heterocycles. The minimum absolute atomic E-state index is 0. The van der Waals surface area contributed by atoms with Crippen molar-refractivity contribution in [1.29, 1.82) is 5.41 Å². The molecule has 0 radical (unpaired) electrons. The van der Waals surface area contributed by atoms with Crippen molar-refractivity contribution in [1.82, 2.24) is 14.8 Å². The molecule has 1 aromatic carbocycles. The van der Waals surface area contributed by atoms with Crippen molar-refractivity contribution in [3.63, 3.8) is 0 Å². The maximum Gasteiger partial charge on any atom is 0.219 e. The molecule has 1 amide bonds. The number of carbonyl (C=O) groups excluding carboxylic acids is 2. The number of halogens is 1. The number of ether oxygens (including phenoxy) is 1. The number of nitrogens with one attached hydrogen (secondary N) is 1.